The zero-order valence-electron chi connectivity index (χ0n) is 15.9. The van der Waals surface area contributed by atoms with Crippen molar-refractivity contribution in [2.45, 2.75) is 24.7 Å². The molecule has 0 amide bonds. The van der Waals surface area contributed by atoms with Crippen LogP contribution in [0.4, 0.5) is 4.39 Å². The van der Waals surface area contributed by atoms with Crippen LogP contribution in [0.15, 0.2) is 59.9 Å². The number of halogens is 2. The highest BCUT2D eigenvalue weighted by atomic mass is 127. The summed E-state index contributed by atoms with van der Waals surface area (Å²) in [5, 5.41) is 6.68. The fourth-order valence-electron chi connectivity index (χ4n) is 3.47. The highest BCUT2D eigenvalue weighted by Crippen LogP contribution is 2.48. The van der Waals surface area contributed by atoms with Crippen molar-refractivity contribution in [3.63, 3.8) is 0 Å². The first-order chi connectivity index (χ1) is 13.2. The molecular weight excluding hydrogens is 468 g/mol. The van der Waals surface area contributed by atoms with Gasteiger partial charge >= 0.3 is 0 Å². The van der Waals surface area contributed by atoms with Gasteiger partial charge in [-0.3, -0.25) is 4.99 Å². The van der Waals surface area contributed by atoms with Crippen LogP contribution in [-0.4, -0.2) is 35.5 Å². The molecule has 148 valence electrons. The number of aliphatic imine (C=N–C) groups is 1. The number of nitrogens with one attached hydrogen (secondary N) is 2. The molecule has 1 aliphatic carbocycles. The Balaban J connectivity index is 0.00000225. The number of benzene rings is 1. The number of imidazole rings is 1. The maximum Gasteiger partial charge on any atom is 0.191 e. The van der Waals surface area contributed by atoms with Crippen molar-refractivity contribution < 1.29 is 4.39 Å². The molecule has 0 bridgehead atoms. The second-order valence-electron chi connectivity index (χ2n) is 7.06. The molecule has 0 aliphatic heterocycles. The van der Waals surface area contributed by atoms with E-state index in [4.69, 9.17) is 0 Å². The Morgan fingerprint density at radius 2 is 1.96 bits per heavy atom. The van der Waals surface area contributed by atoms with Crippen molar-refractivity contribution in [1.29, 1.82) is 0 Å². The van der Waals surface area contributed by atoms with E-state index in [1.807, 2.05) is 47.1 Å². The topological polar surface area (TPSA) is 53.7 Å². The Labute approximate surface area is 181 Å². The Morgan fingerprint density at radius 3 is 2.68 bits per heavy atom. The molecule has 28 heavy (non-hydrogen) atoms. The van der Waals surface area contributed by atoms with E-state index >= 15 is 0 Å². The van der Waals surface area contributed by atoms with E-state index in [0.29, 0.717) is 6.54 Å². The van der Waals surface area contributed by atoms with Gasteiger partial charge in [0.15, 0.2) is 5.96 Å². The third kappa shape index (κ3) is 4.45. The van der Waals surface area contributed by atoms with Crippen LogP contribution in [0.3, 0.4) is 0 Å². The van der Waals surface area contributed by atoms with Crippen LogP contribution < -0.4 is 10.6 Å². The van der Waals surface area contributed by atoms with E-state index in [-0.39, 0.29) is 35.2 Å². The lowest BCUT2D eigenvalue weighted by atomic mass is 9.95. The summed E-state index contributed by atoms with van der Waals surface area (Å²) in [5.74, 6) is 0.618. The monoisotopic (exact) mass is 493 g/mol. The maximum atomic E-state index is 14.1. The molecule has 0 spiro atoms. The third-order valence-corrected chi connectivity index (χ3v) is 5.20. The number of fused-ring (bicyclic) bond motifs is 1. The molecule has 0 radical (unpaired) electrons. The number of hydrogen-bond donors (Lipinski definition) is 2. The molecule has 2 heterocycles. The van der Waals surface area contributed by atoms with Gasteiger partial charge in [0, 0.05) is 44.4 Å². The number of guanidine groups is 1. The molecule has 0 atom stereocenters. The van der Waals surface area contributed by atoms with E-state index in [2.05, 4.69) is 20.6 Å². The van der Waals surface area contributed by atoms with Gasteiger partial charge < -0.3 is 15.0 Å². The minimum Gasteiger partial charge on any atom is -0.356 e. The van der Waals surface area contributed by atoms with Crippen LogP contribution in [0.25, 0.3) is 5.65 Å². The van der Waals surface area contributed by atoms with E-state index in [1.54, 1.807) is 13.1 Å². The molecule has 7 heteroatoms. The van der Waals surface area contributed by atoms with E-state index < -0.39 is 0 Å². The minimum atomic E-state index is -0.119. The second kappa shape index (κ2) is 8.89. The van der Waals surface area contributed by atoms with Gasteiger partial charge in [0.25, 0.3) is 0 Å². The van der Waals surface area contributed by atoms with Gasteiger partial charge in [-0.1, -0.05) is 24.3 Å². The molecule has 1 fully saturated rings. The van der Waals surface area contributed by atoms with Gasteiger partial charge in [-0.15, -0.1) is 24.0 Å². The molecule has 0 saturated heterocycles. The summed E-state index contributed by atoms with van der Waals surface area (Å²) in [5.41, 5.74) is 2.69. The molecule has 1 saturated carbocycles. The van der Waals surface area contributed by atoms with Crippen LogP contribution in [0, 0.1) is 5.82 Å². The second-order valence-corrected chi connectivity index (χ2v) is 7.06. The van der Waals surface area contributed by atoms with Gasteiger partial charge in [0.2, 0.25) is 0 Å². The number of hydrogen-bond acceptors (Lipinski definition) is 2. The Morgan fingerprint density at radius 1 is 1.18 bits per heavy atom. The summed E-state index contributed by atoms with van der Waals surface area (Å²) < 4.78 is 16.1. The third-order valence-electron chi connectivity index (χ3n) is 5.20. The average Bonchev–Trinajstić information content (AvgIpc) is 3.35. The SMILES string of the molecule is CN=C(NCCc1cn2ccccc2n1)NCC1(c2ccccc2F)CC1.I. The smallest absolute Gasteiger partial charge is 0.191 e. The summed E-state index contributed by atoms with van der Waals surface area (Å²) in [6.07, 6.45) is 6.85. The van der Waals surface area contributed by atoms with Crippen molar-refractivity contribution in [2.24, 2.45) is 4.99 Å². The summed E-state index contributed by atoms with van der Waals surface area (Å²) >= 11 is 0. The summed E-state index contributed by atoms with van der Waals surface area (Å²) in [4.78, 5) is 8.89. The Hall–Kier alpha value is -2.16. The van der Waals surface area contributed by atoms with Crippen LogP contribution in [-0.2, 0) is 11.8 Å². The Kier molecular flexibility index (Phi) is 6.53. The van der Waals surface area contributed by atoms with Crippen LogP contribution in [0.5, 0.6) is 0 Å². The predicted molar refractivity (Wildman–Crippen MR) is 121 cm³/mol. The lowest BCUT2D eigenvalue weighted by Gasteiger charge is -2.19. The summed E-state index contributed by atoms with van der Waals surface area (Å²) in [6, 6.07) is 13.0. The van der Waals surface area contributed by atoms with Crippen molar-refractivity contribution >= 4 is 35.6 Å². The van der Waals surface area contributed by atoms with Gasteiger partial charge in [0.05, 0.1) is 5.69 Å². The molecule has 1 aromatic carbocycles. The first-order valence-corrected chi connectivity index (χ1v) is 9.32. The van der Waals surface area contributed by atoms with E-state index in [9.17, 15) is 4.39 Å². The lowest BCUT2D eigenvalue weighted by Crippen LogP contribution is -2.42. The lowest BCUT2D eigenvalue weighted by molar-refractivity contribution is 0.559. The first kappa shape index (κ1) is 20.6. The largest absolute Gasteiger partial charge is 0.356 e. The van der Waals surface area contributed by atoms with Gasteiger partial charge in [-0.05, 0) is 36.6 Å². The summed E-state index contributed by atoms with van der Waals surface area (Å²) in [6.45, 7) is 1.41. The van der Waals surface area contributed by atoms with Crippen LogP contribution in [0.2, 0.25) is 0 Å². The molecule has 0 unspecified atom stereocenters. The number of pyridine rings is 1. The zero-order chi connectivity index (χ0) is 18.7. The zero-order valence-corrected chi connectivity index (χ0v) is 18.2. The normalized spacial score (nSPS) is 15.1. The molecule has 1 aliphatic rings. The molecular formula is C21H25FIN5. The fraction of sp³-hybridized carbons (Fsp3) is 0.333. The fourth-order valence-corrected chi connectivity index (χ4v) is 3.47. The molecule has 5 nitrogen and oxygen atoms in total. The van der Waals surface area contributed by atoms with Crippen molar-refractivity contribution in [1.82, 2.24) is 20.0 Å². The highest BCUT2D eigenvalue weighted by molar-refractivity contribution is 14.0. The van der Waals surface area contributed by atoms with Crippen molar-refractivity contribution in [3.05, 3.63) is 71.9 Å². The number of aromatic nitrogens is 2. The number of nitrogens with zero attached hydrogens (tertiary/aromatic N) is 3. The van der Waals surface area contributed by atoms with Gasteiger partial charge in [-0.2, -0.15) is 0 Å². The number of rotatable bonds is 6. The average molecular weight is 493 g/mol. The minimum absolute atomic E-state index is 0. The highest BCUT2D eigenvalue weighted by Gasteiger charge is 2.45. The molecule has 2 N–H and O–H groups in total. The van der Waals surface area contributed by atoms with Gasteiger partial charge in [0.1, 0.15) is 11.5 Å². The van der Waals surface area contributed by atoms with Gasteiger partial charge in [-0.25, -0.2) is 9.37 Å². The van der Waals surface area contributed by atoms with E-state index in [1.165, 1.54) is 6.07 Å². The van der Waals surface area contributed by atoms with Crippen LogP contribution >= 0.6 is 24.0 Å². The molecule has 4 rings (SSSR count). The van der Waals surface area contributed by atoms with Crippen molar-refractivity contribution in [2.75, 3.05) is 20.1 Å². The Bertz CT molecular complexity index is 931. The predicted octanol–water partition coefficient (Wildman–Crippen LogP) is 3.53. The van der Waals surface area contributed by atoms with Crippen LogP contribution in [0.1, 0.15) is 24.1 Å². The molecule has 2 aromatic heterocycles. The quantitative estimate of drug-likeness (QED) is 0.314. The molecule has 3 aromatic rings. The summed E-state index contributed by atoms with van der Waals surface area (Å²) in [7, 11) is 1.75. The van der Waals surface area contributed by atoms with Crippen molar-refractivity contribution in [3.8, 4) is 0 Å². The standard InChI is InChI=1S/C21H24FN5.HI/c1-23-20(24-12-9-16-14-27-13-5-4-8-19(27)26-16)25-15-21(10-11-21)17-6-2-3-7-18(17)22;/h2-8,13-14H,9-12,15H2,1H3,(H2,23,24,25);1H. The first-order valence-electron chi connectivity index (χ1n) is 9.32. The van der Waals surface area contributed by atoms with E-state index in [0.717, 1.165) is 48.7 Å². The maximum absolute atomic E-state index is 14.1.